The van der Waals surface area contributed by atoms with Gasteiger partial charge in [-0.1, -0.05) is 0 Å². The third kappa shape index (κ3) is 1.61. The molecule has 14 heavy (non-hydrogen) atoms. The molecule has 0 saturated carbocycles. The second kappa shape index (κ2) is 3.99. The second-order valence-corrected chi connectivity index (χ2v) is 3.55. The molecule has 1 aromatic carbocycles. The summed E-state index contributed by atoms with van der Waals surface area (Å²) in [7, 11) is 0. The fraction of sp³-hybridized carbons (Fsp3) is 0.364. The van der Waals surface area contributed by atoms with E-state index in [2.05, 4.69) is 22.4 Å². The van der Waals surface area contributed by atoms with Crippen LogP contribution >= 0.6 is 12.2 Å². The first-order chi connectivity index (χ1) is 6.50. The minimum atomic E-state index is -0.289. The predicted octanol–water partition coefficient (Wildman–Crippen LogP) is 3.79. The fourth-order valence-corrected chi connectivity index (χ4v) is 1.52. The van der Waals surface area contributed by atoms with E-state index in [9.17, 15) is 4.39 Å². The van der Waals surface area contributed by atoms with Gasteiger partial charge >= 0.3 is 0 Å². The van der Waals surface area contributed by atoms with Crippen molar-refractivity contribution in [2.45, 2.75) is 27.7 Å². The average Bonchev–Trinajstić information content (AvgIpc) is 2.19. The van der Waals surface area contributed by atoms with Crippen LogP contribution in [-0.2, 0) is 0 Å². The van der Waals surface area contributed by atoms with Gasteiger partial charge in [-0.2, -0.15) is 4.99 Å². The summed E-state index contributed by atoms with van der Waals surface area (Å²) in [6, 6.07) is 0. The molecule has 0 unspecified atom stereocenters. The Labute approximate surface area is 88.7 Å². The highest BCUT2D eigenvalue weighted by Crippen LogP contribution is 2.31. The maximum Gasteiger partial charge on any atom is 0.153 e. The topological polar surface area (TPSA) is 12.4 Å². The molecule has 0 aromatic heterocycles. The smallest absolute Gasteiger partial charge is 0.153 e. The Kier molecular flexibility index (Phi) is 3.14. The normalized spacial score (nSPS) is 9.79. The first-order valence-corrected chi connectivity index (χ1v) is 4.75. The molecule has 1 aromatic rings. The summed E-state index contributed by atoms with van der Waals surface area (Å²) >= 11 is 4.49. The van der Waals surface area contributed by atoms with Gasteiger partial charge in [-0.15, -0.1) is 0 Å². The average molecular weight is 209 g/mol. The summed E-state index contributed by atoms with van der Waals surface area (Å²) in [6.07, 6.45) is 0. The first-order valence-electron chi connectivity index (χ1n) is 4.34. The molecule has 0 aliphatic carbocycles. The highest BCUT2D eigenvalue weighted by atomic mass is 32.1. The highest BCUT2D eigenvalue weighted by molar-refractivity contribution is 7.78. The van der Waals surface area contributed by atoms with E-state index in [-0.39, 0.29) is 5.82 Å². The molecule has 1 nitrogen and oxygen atoms in total. The molecule has 0 aliphatic rings. The lowest BCUT2D eigenvalue weighted by molar-refractivity contribution is 0.617. The molecule has 0 amide bonds. The van der Waals surface area contributed by atoms with Crippen LogP contribution in [0.3, 0.4) is 0 Å². The predicted molar refractivity (Wildman–Crippen MR) is 60.0 cm³/mol. The van der Waals surface area contributed by atoms with E-state index in [0.29, 0.717) is 11.3 Å². The number of hydrogen-bond donors (Lipinski definition) is 0. The lowest BCUT2D eigenvalue weighted by atomic mass is 9.97. The summed E-state index contributed by atoms with van der Waals surface area (Å²) in [5, 5.41) is 2.21. The van der Waals surface area contributed by atoms with Gasteiger partial charge in [0, 0.05) is 0 Å². The first kappa shape index (κ1) is 11.0. The number of rotatable bonds is 1. The molecule has 0 atom stereocenters. The molecule has 0 fully saturated rings. The van der Waals surface area contributed by atoms with Gasteiger partial charge in [-0.05, 0) is 62.2 Å². The molecule has 74 valence electrons. The van der Waals surface area contributed by atoms with Crippen molar-refractivity contribution in [1.82, 2.24) is 0 Å². The van der Waals surface area contributed by atoms with Crippen molar-refractivity contribution in [3.63, 3.8) is 0 Å². The number of halogens is 1. The van der Waals surface area contributed by atoms with Crippen molar-refractivity contribution in [3.8, 4) is 0 Å². The molecule has 0 saturated heterocycles. The standard InChI is InChI=1S/C11H12FNS/c1-6-7(2)9(4)11(13-5-14)10(12)8(6)3/h1-4H3. The Hall–Kier alpha value is -1.05. The van der Waals surface area contributed by atoms with Gasteiger partial charge in [0.25, 0.3) is 0 Å². The minimum Gasteiger partial charge on any atom is -0.204 e. The Bertz CT molecular complexity index is 402. The van der Waals surface area contributed by atoms with E-state index in [0.717, 1.165) is 16.7 Å². The van der Waals surface area contributed by atoms with Gasteiger partial charge in [0.15, 0.2) is 5.82 Å². The van der Waals surface area contributed by atoms with Gasteiger partial charge in [0.05, 0.1) is 5.16 Å². The largest absolute Gasteiger partial charge is 0.204 e. The summed E-state index contributed by atoms with van der Waals surface area (Å²) in [5.74, 6) is -0.289. The van der Waals surface area contributed by atoms with Gasteiger partial charge < -0.3 is 0 Å². The number of thiocarbonyl (C=S) groups is 1. The number of benzene rings is 1. The van der Waals surface area contributed by atoms with Crippen molar-refractivity contribution in [3.05, 3.63) is 28.1 Å². The van der Waals surface area contributed by atoms with E-state index in [1.165, 1.54) is 0 Å². The van der Waals surface area contributed by atoms with Crippen LogP contribution in [-0.4, -0.2) is 5.16 Å². The van der Waals surface area contributed by atoms with Crippen LogP contribution in [0.25, 0.3) is 0 Å². The molecule has 0 spiro atoms. The van der Waals surface area contributed by atoms with Crippen molar-refractivity contribution < 1.29 is 4.39 Å². The Morgan fingerprint density at radius 3 is 2.00 bits per heavy atom. The summed E-state index contributed by atoms with van der Waals surface area (Å²) in [5.41, 5.74) is 3.83. The summed E-state index contributed by atoms with van der Waals surface area (Å²) in [4.78, 5) is 3.76. The maximum atomic E-state index is 13.7. The number of nitrogens with zero attached hydrogens (tertiary/aromatic N) is 1. The fourth-order valence-electron chi connectivity index (χ4n) is 1.43. The lowest BCUT2D eigenvalue weighted by Crippen LogP contribution is -1.96. The van der Waals surface area contributed by atoms with Crippen LogP contribution in [0.4, 0.5) is 10.1 Å². The number of hydrogen-bond acceptors (Lipinski definition) is 2. The second-order valence-electron chi connectivity index (χ2n) is 3.37. The van der Waals surface area contributed by atoms with Crippen LogP contribution in [0.5, 0.6) is 0 Å². The number of aliphatic imine (C=N–C) groups is 1. The molecular formula is C11H12FNS. The third-order valence-electron chi connectivity index (χ3n) is 2.74. The monoisotopic (exact) mass is 209 g/mol. The summed E-state index contributed by atoms with van der Waals surface area (Å²) < 4.78 is 13.7. The van der Waals surface area contributed by atoms with Crippen molar-refractivity contribution >= 4 is 23.1 Å². The Morgan fingerprint density at radius 2 is 1.50 bits per heavy atom. The van der Waals surface area contributed by atoms with Gasteiger partial charge in [-0.3, -0.25) is 0 Å². The molecule has 0 aliphatic heterocycles. The van der Waals surface area contributed by atoms with Crippen LogP contribution in [0, 0.1) is 33.5 Å². The van der Waals surface area contributed by atoms with E-state index < -0.39 is 0 Å². The Balaban J connectivity index is 3.67. The lowest BCUT2D eigenvalue weighted by Gasteiger charge is -2.12. The Morgan fingerprint density at radius 1 is 1.00 bits per heavy atom. The van der Waals surface area contributed by atoms with Crippen LogP contribution in [0.2, 0.25) is 0 Å². The molecule has 0 bridgehead atoms. The zero-order valence-electron chi connectivity index (χ0n) is 8.73. The van der Waals surface area contributed by atoms with E-state index in [1.807, 2.05) is 20.8 Å². The quantitative estimate of drug-likeness (QED) is 0.506. The molecule has 3 heteroatoms. The van der Waals surface area contributed by atoms with Crippen molar-refractivity contribution in [2.75, 3.05) is 0 Å². The van der Waals surface area contributed by atoms with Crippen molar-refractivity contribution in [1.29, 1.82) is 0 Å². The molecule has 1 rings (SSSR count). The van der Waals surface area contributed by atoms with Gasteiger partial charge in [-0.25, -0.2) is 4.39 Å². The zero-order chi connectivity index (χ0) is 10.9. The van der Waals surface area contributed by atoms with Crippen LogP contribution in [0.1, 0.15) is 22.3 Å². The van der Waals surface area contributed by atoms with Crippen molar-refractivity contribution in [2.24, 2.45) is 4.99 Å². The van der Waals surface area contributed by atoms with Crippen LogP contribution in [0.15, 0.2) is 4.99 Å². The molecular weight excluding hydrogens is 197 g/mol. The molecule has 0 radical (unpaired) electrons. The third-order valence-corrected chi connectivity index (χ3v) is 2.83. The van der Waals surface area contributed by atoms with Gasteiger partial charge in [0.2, 0.25) is 0 Å². The maximum absolute atomic E-state index is 13.7. The van der Waals surface area contributed by atoms with E-state index in [4.69, 9.17) is 0 Å². The minimum absolute atomic E-state index is 0.289. The SMILES string of the molecule is Cc1c(C)c(C)c(N=C=S)c(F)c1C. The number of isothiocyanates is 1. The van der Waals surface area contributed by atoms with Crippen LogP contribution < -0.4 is 0 Å². The van der Waals surface area contributed by atoms with Gasteiger partial charge in [0.1, 0.15) is 5.69 Å². The van der Waals surface area contributed by atoms with E-state index >= 15 is 0 Å². The zero-order valence-corrected chi connectivity index (χ0v) is 9.55. The molecule has 0 heterocycles. The summed E-state index contributed by atoms with van der Waals surface area (Å²) in [6.45, 7) is 7.46. The molecule has 0 N–H and O–H groups in total. The van der Waals surface area contributed by atoms with E-state index in [1.54, 1.807) is 6.92 Å². The highest BCUT2D eigenvalue weighted by Gasteiger charge is 2.13.